The van der Waals surface area contributed by atoms with Gasteiger partial charge in [0.25, 0.3) is 0 Å². The van der Waals surface area contributed by atoms with Crippen LogP contribution >= 0.6 is 0 Å². The summed E-state index contributed by atoms with van der Waals surface area (Å²) in [7, 11) is 0. The third-order valence-corrected chi connectivity index (χ3v) is 4.19. The molecule has 1 fully saturated rings. The smallest absolute Gasteiger partial charge is 0.00952 e. The number of rotatable bonds is 9. The molecule has 1 nitrogen and oxygen atoms in total. The van der Waals surface area contributed by atoms with Crippen LogP contribution in [0.2, 0.25) is 0 Å². The molecule has 102 valence electrons. The fourth-order valence-electron chi connectivity index (χ4n) is 3.04. The lowest BCUT2D eigenvalue weighted by Crippen LogP contribution is -2.40. The van der Waals surface area contributed by atoms with Gasteiger partial charge in [0.1, 0.15) is 0 Å². The van der Waals surface area contributed by atoms with E-state index >= 15 is 0 Å². The van der Waals surface area contributed by atoms with Gasteiger partial charge in [-0.05, 0) is 38.8 Å². The first-order valence-corrected chi connectivity index (χ1v) is 8.12. The van der Waals surface area contributed by atoms with E-state index in [0.717, 1.165) is 6.04 Å². The van der Waals surface area contributed by atoms with Crippen molar-refractivity contribution in [2.75, 3.05) is 13.1 Å². The maximum Gasteiger partial charge on any atom is 0.00952 e. The fraction of sp³-hybridized carbons (Fsp3) is 1.00. The van der Waals surface area contributed by atoms with E-state index in [1.807, 2.05) is 0 Å². The second kappa shape index (κ2) is 9.94. The summed E-state index contributed by atoms with van der Waals surface area (Å²) in [6.45, 7) is 7.36. The Kier molecular flexibility index (Phi) is 8.78. The van der Waals surface area contributed by atoms with Crippen LogP contribution in [0.5, 0.6) is 0 Å². The molecule has 1 atom stereocenters. The van der Waals surface area contributed by atoms with Crippen LogP contribution in [0, 0.1) is 0 Å². The predicted octanol–water partition coefficient (Wildman–Crippen LogP) is 5.00. The summed E-state index contributed by atoms with van der Waals surface area (Å²) in [4.78, 5) is 2.80. The molecule has 0 N–H and O–H groups in total. The molecule has 1 unspecified atom stereocenters. The summed E-state index contributed by atoms with van der Waals surface area (Å²) >= 11 is 0. The van der Waals surface area contributed by atoms with Gasteiger partial charge in [-0.2, -0.15) is 0 Å². The van der Waals surface area contributed by atoms with Gasteiger partial charge in [-0.25, -0.2) is 0 Å². The van der Waals surface area contributed by atoms with Gasteiger partial charge in [0.15, 0.2) is 0 Å². The molecule has 0 radical (unpaired) electrons. The van der Waals surface area contributed by atoms with E-state index in [2.05, 4.69) is 18.7 Å². The van der Waals surface area contributed by atoms with E-state index in [-0.39, 0.29) is 0 Å². The van der Waals surface area contributed by atoms with E-state index in [0.29, 0.717) is 0 Å². The highest BCUT2D eigenvalue weighted by atomic mass is 15.2. The Labute approximate surface area is 109 Å². The van der Waals surface area contributed by atoms with Gasteiger partial charge in [0, 0.05) is 6.04 Å². The van der Waals surface area contributed by atoms with Gasteiger partial charge in [-0.1, -0.05) is 58.8 Å². The van der Waals surface area contributed by atoms with Crippen molar-refractivity contribution in [2.45, 2.75) is 90.5 Å². The number of unbranched alkanes of at least 4 members (excludes halogenated alkanes) is 5. The average molecular weight is 239 g/mol. The molecule has 1 rings (SSSR count). The lowest BCUT2D eigenvalue weighted by Gasteiger charge is -2.36. The van der Waals surface area contributed by atoms with Crippen molar-refractivity contribution in [2.24, 2.45) is 0 Å². The molecule has 0 aromatic rings. The Morgan fingerprint density at radius 2 is 1.65 bits per heavy atom. The highest BCUT2D eigenvalue weighted by Crippen LogP contribution is 2.22. The zero-order valence-electron chi connectivity index (χ0n) is 12.2. The van der Waals surface area contributed by atoms with Gasteiger partial charge in [0.2, 0.25) is 0 Å². The van der Waals surface area contributed by atoms with Crippen molar-refractivity contribution in [1.29, 1.82) is 0 Å². The maximum atomic E-state index is 2.80. The highest BCUT2D eigenvalue weighted by molar-refractivity contribution is 4.76. The minimum absolute atomic E-state index is 0.926. The molecule has 1 heterocycles. The quantitative estimate of drug-likeness (QED) is 0.512. The summed E-state index contributed by atoms with van der Waals surface area (Å²) in [5.41, 5.74) is 0. The van der Waals surface area contributed by atoms with Crippen molar-refractivity contribution >= 4 is 0 Å². The van der Waals surface area contributed by atoms with Crippen LogP contribution in [-0.4, -0.2) is 24.0 Å². The topological polar surface area (TPSA) is 3.24 Å². The molecule has 0 bridgehead atoms. The Hall–Kier alpha value is -0.0400. The Morgan fingerprint density at radius 3 is 2.41 bits per heavy atom. The minimum Gasteiger partial charge on any atom is -0.300 e. The number of hydrogen-bond acceptors (Lipinski definition) is 1. The van der Waals surface area contributed by atoms with Crippen LogP contribution in [0.15, 0.2) is 0 Å². The number of nitrogens with zero attached hydrogens (tertiary/aromatic N) is 1. The molecule has 0 aromatic carbocycles. The minimum atomic E-state index is 0.926. The van der Waals surface area contributed by atoms with E-state index in [1.165, 1.54) is 83.7 Å². The normalized spacial score (nSPS) is 21.9. The molecular formula is C16H33N. The summed E-state index contributed by atoms with van der Waals surface area (Å²) in [5.74, 6) is 0. The van der Waals surface area contributed by atoms with Crippen molar-refractivity contribution in [3.05, 3.63) is 0 Å². The summed E-state index contributed by atoms with van der Waals surface area (Å²) in [5, 5.41) is 0. The standard InChI is InChI=1S/C16H33N/c1-3-5-7-8-10-14-17-15-11-9-13-16(17)12-6-4-2/h16H,3-15H2,1-2H3. The van der Waals surface area contributed by atoms with Crippen molar-refractivity contribution in [3.8, 4) is 0 Å². The molecule has 0 aromatic heterocycles. The molecule has 1 heteroatoms. The van der Waals surface area contributed by atoms with Crippen LogP contribution in [-0.2, 0) is 0 Å². The van der Waals surface area contributed by atoms with Gasteiger partial charge in [-0.3, -0.25) is 0 Å². The van der Waals surface area contributed by atoms with E-state index < -0.39 is 0 Å². The van der Waals surface area contributed by atoms with Crippen molar-refractivity contribution in [3.63, 3.8) is 0 Å². The lowest BCUT2D eigenvalue weighted by molar-refractivity contribution is 0.135. The molecule has 0 saturated carbocycles. The average Bonchev–Trinajstić information content (AvgIpc) is 2.37. The first kappa shape index (κ1) is 15.0. The molecule has 1 aliphatic rings. The van der Waals surface area contributed by atoms with E-state index in [4.69, 9.17) is 0 Å². The second-order valence-electron chi connectivity index (χ2n) is 5.74. The summed E-state index contributed by atoms with van der Waals surface area (Å²) in [6.07, 6.45) is 15.7. The monoisotopic (exact) mass is 239 g/mol. The molecule has 1 aliphatic heterocycles. The predicted molar refractivity (Wildman–Crippen MR) is 77.5 cm³/mol. The van der Waals surface area contributed by atoms with Gasteiger partial charge >= 0.3 is 0 Å². The van der Waals surface area contributed by atoms with E-state index in [1.54, 1.807) is 0 Å². The van der Waals surface area contributed by atoms with Crippen LogP contribution in [0.25, 0.3) is 0 Å². The van der Waals surface area contributed by atoms with Crippen LogP contribution in [0.1, 0.15) is 84.5 Å². The SMILES string of the molecule is CCCCCCCN1CCCCC1CCCC. The second-order valence-corrected chi connectivity index (χ2v) is 5.74. The molecule has 17 heavy (non-hydrogen) atoms. The first-order chi connectivity index (χ1) is 8.38. The van der Waals surface area contributed by atoms with Crippen LogP contribution in [0.3, 0.4) is 0 Å². The van der Waals surface area contributed by atoms with Crippen molar-refractivity contribution < 1.29 is 0 Å². The summed E-state index contributed by atoms with van der Waals surface area (Å²) in [6, 6.07) is 0.926. The number of hydrogen-bond donors (Lipinski definition) is 0. The highest BCUT2D eigenvalue weighted by Gasteiger charge is 2.20. The molecular weight excluding hydrogens is 206 g/mol. The third-order valence-electron chi connectivity index (χ3n) is 4.19. The largest absolute Gasteiger partial charge is 0.300 e. The van der Waals surface area contributed by atoms with Crippen LogP contribution in [0.4, 0.5) is 0 Å². The summed E-state index contributed by atoms with van der Waals surface area (Å²) < 4.78 is 0. The van der Waals surface area contributed by atoms with Crippen LogP contribution < -0.4 is 0 Å². The Balaban J connectivity index is 2.13. The third kappa shape index (κ3) is 6.45. The Morgan fingerprint density at radius 1 is 0.882 bits per heavy atom. The van der Waals surface area contributed by atoms with E-state index in [9.17, 15) is 0 Å². The molecule has 0 spiro atoms. The molecule has 1 saturated heterocycles. The molecule has 0 amide bonds. The van der Waals surface area contributed by atoms with Gasteiger partial charge < -0.3 is 4.90 Å². The number of piperidine rings is 1. The first-order valence-electron chi connectivity index (χ1n) is 8.12. The molecule has 0 aliphatic carbocycles. The lowest BCUT2D eigenvalue weighted by atomic mass is 9.97. The Bertz CT molecular complexity index is 167. The number of likely N-dealkylation sites (tertiary alicyclic amines) is 1. The fourth-order valence-corrected chi connectivity index (χ4v) is 3.04. The van der Waals surface area contributed by atoms with Gasteiger partial charge in [0.05, 0.1) is 0 Å². The maximum absolute atomic E-state index is 2.80. The van der Waals surface area contributed by atoms with Crippen molar-refractivity contribution in [1.82, 2.24) is 4.90 Å². The zero-order valence-corrected chi connectivity index (χ0v) is 12.2. The van der Waals surface area contributed by atoms with Gasteiger partial charge in [-0.15, -0.1) is 0 Å². The zero-order chi connectivity index (χ0) is 12.3.